The lowest BCUT2D eigenvalue weighted by Gasteiger charge is -2.10. The Hall–Kier alpha value is -1.03. The topological polar surface area (TPSA) is 26.3 Å². The quantitative estimate of drug-likeness (QED) is 0.652. The smallest absolute Gasteiger partial charge is 0.163 e. The molecule has 5 heteroatoms. The number of hydrogen-bond donors (Lipinski definition) is 0. The minimum Gasteiger partial charge on any atom is -0.457 e. The summed E-state index contributed by atoms with van der Waals surface area (Å²) in [7, 11) is 0. The van der Waals surface area contributed by atoms with Gasteiger partial charge in [-0.1, -0.05) is 39.1 Å². The maximum absolute atomic E-state index is 11.6. The number of rotatable bonds is 3. The Balaban J connectivity index is 2.40. The lowest BCUT2D eigenvalue weighted by atomic mass is 10.1. The van der Waals surface area contributed by atoms with E-state index < -0.39 is 0 Å². The Kier molecular flexibility index (Phi) is 4.50. The van der Waals surface area contributed by atoms with Crippen LogP contribution in [0, 0.1) is 0 Å². The van der Waals surface area contributed by atoms with Gasteiger partial charge in [-0.2, -0.15) is 0 Å². The largest absolute Gasteiger partial charge is 0.457 e. The van der Waals surface area contributed by atoms with Crippen molar-refractivity contribution in [2.75, 3.05) is 0 Å². The molecule has 0 atom stereocenters. The highest BCUT2D eigenvalue weighted by molar-refractivity contribution is 9.10. The van der Waals surface area contributed by atoms with Crippen molar-refractivity contribution in [3.63, 3.8) is 0 Å². The number of ether oxygens (including phenoxy) is 1. The molecule has 2 nitrogen and oxygen atoms in total. The number of ketones is 1. The number of hydrogen-bond acceptors (Lipinski definition) is 2. The number of carbonyl (C=O) groups is 1. The van der Waals surface area contributed by atoms with Crippen LogP contribution in [0.2, 0.25) is 10.0 Å². The zero-order valence-corrected chi connectivity index (χ0v) is 13.0. The Labute approximate surface area is 129 Å². The van der Waals surface area contributed by atoms with E-state index in [2.05, 4.69) is 15.9 Å². The van der Waals surface area contributed by atoms with Gasteiger partial charge < -0.3 is 4.74 Å². The Morgan fingerprint density at radius 3 is 2.32 bits per heavy atom. The van der Waals surface area contributed by atoms with Crippen LogP contribution in [0.5, 0.6) is 11.5 Å². The predicted octanol–water partition coefficient (Wildman–Crippen LogP) is 5.75. The van der Waals surface area contributed by atoms with Crippen LogP contribution < -0.4 is 4.74 Å². The molecule has 0 aliphatic carbocycles. The van der Waals surface area contributed by atoms with Crippen molar-refractivity contribution in [3.8, 4) is 11.5 Å². The first-order valence-corrected chi connectivity index (χ1v) is 6.95. The molecule has 0 aromatic heterocycles. The van der Waals surface area contributed by atoms with Gasteiger partial charge in [-0.3, -0.25) is 4.79 Å². The molecule has 0 bridgehead atoms. The third kappa shape index (κ3) is 3.72. The van der Waals surface area contributed by atoms with Crippen molar-refractivity contribution in [2.45, 2.75) is 6.92 Å². The second kappa shape index (κ2) is 5.95. The second-order valence-corrected chi connectivity index (χ2v) is 5.69. The number of carbonyl (C=O) groups excluding carboxylic acids is 1. The summed E-state index contributed by atoms with van der Waals surface area (Å²) in [5, 5.41) is 0.952. The van der Waals surface area contributed by atoms with Gasteiger partial charge in [-0.05, 0) is 43.3 Å². The van der Waals surface area contributed by atoms with Crippen LogP contribution in [0.1, 0.15) is 17.3 Å². The molecule has 0 unspecified atom stereocenters. The molecular weight excluding hydrogens is 351 g/mol. The van der Waals surface area contributed by atoms with Crippen LogP contribution in [-0.4, -0.2) is 5.78 Å². The maximum Gasteiger partial charge on any atom is 0.163 e. The van der Waals surface area contributed by atoms with E-state index >= 15 is 0 Å². The summed E-state index contributed by atoms with van der Waals surface area (Å²) in [6.45, 7) is 1.49. The Bertz CT molecular complexity index is 621. The zero-order chi connectivity index (χ0) is 14.0. The average molecular weight is 360 g/mol. The van der Waals surface area contributed by atoms with E-state index in [1.807, 2.05) is 0 Å². The highest BCUT2D eigenvalue weighted by Gasteiger charge is 2.10. The number of Topliss-reactive ketones (excluding diaryl/α,β-unsaturated/α-hetero) is 1. The highest BCUT2D eigenvalue weighted by Crippen LogP contribution is 2.31. The van der Waals surface area contributed by atoms with Crippen molar-refractivity contribution >= 4 is 44.9 Å². The van der Waals surface area contributed by atoms with Crippen LogP contribution >= 0.6 is 39.1 Å². The molecule has 0 aliphatic heterocycles. The normalized spacial score (nSPS) is 10.3. The minimum atomic E-state index is -0.0792. The van der Waals surface area contributed by atoms with E-state index in [1.54, 1.807) is 36.4 Å². The SMILES string of the molecule is CC(=O)c1cc(Br)ccc1Oc1cc(Cl)cc(Cl)c1. The van der Waals surface area contributed by atoms with Gasteiger partial charge in [0, 0.05) is 14.5 Å². The fraction of sp³-hybridized carbons (Fsp3) is 0.0714. The van der Waals surface area contributed by atoms with E-state index in [4.69, 9.17) is 27.9 Å². The fourth-order valence-corrected chi connectivity index (χ4v) is 2.45. The molecule has 0 amide bonds. The molecule has 2 aromatic rings. The van der Waals surface area contributed by atoms with Gasteiger partial charge in [-0.25, -0.2) is 0 Å². The number of benzene rings is 2. The van der Waals surface area contributed by atoms with Crippen LogP contribution in [0.15, 0.2) is 40.9 Å². The lowest BCUT2D eigenvalue weighted by molar-refractivity contribution is 0.101. The van der Waals surface area contributed by atoms with Gasteiger partial charge in [0.15, 0.2) is 5.78 Å². The van der Waals surface area contributed by atoms with Gasteiger partial charge in [0.25, 0.3) is 0 Å². The highest BCUT2D eigenvalue weighted by atomic mass is 79.9. The summed E-state index contributed by atoms with van der Waals surface area (Å²) in [5.74, 6) is 0.876. The summed E-state index contributed by atoms with van der Waals surface area (Å²) in [4.78, 5) is 11.6. The first-order chi connectivity index (χ1) is 8.95. The first-order valence-electron chi connectivity index (χ1n) is 5.40. The molecule has 0 aliphatic rings. The van der Waals surface area contributed by atoms with Crippen LogP contribution in [0.4, 0.5) is 0 Å². The molecule has 0 saturated heterocycles. The summed E-state index contributed by atoms with van der Waals surface area (Å²) < 4.78 is 6.49. The molecular formula is C14H9BrCl2O2. The van der Waals surface area contributed by atoms with E-state index in [1.165, 1.54) is 6.92 Å². The molecule has 2 aromatic carbocycles. The van der Waals surface area contributed by atoms with Gasteiger partial charge in [0.05, 0.1) is 5.56 Å². The average Bonchev–Trinajstić information content (AvgIpc) is 2.30. The van der Waals surface area contributed by atoms with Crippen molar-refractivity contribution < 1.29 is 9.53 Å². The van der Waals surface area contributed by atoms with Gasteiger partial charge in [0.1, 0.15) is 11.5 Å². The molecule has 0 radical (unpaired) electrons. The fourth-order valence-electron chi connectivity index (χ4n) is 1.58. The third-order valence-corrected chi connectivity index (χ3v) is 3.31. The predicted molar refractivity (Wildman–Crippen MR) is 80.7 cm³/mol. The van der Waals surface area contributed by atoms with Crippen molar-refractivity contribution in [1.29, 1.82) is 0 Å². The molecule has 98 valence electrons. The summed E-state index contributed by atoms with van der Waals surface area (Å²) in [6.07, 6.45) is 0. The van der Waals surface area contributed by atoms with E-state index in [0.717, 1.165) is 4.47 Å². The van der Waals surface area contributed by atoms with Gasteiger partial charge >= 0.3 is 0 Å². The molecule has 0 spiro atoms. The van der Waals surface area contributed by atoms with E-state index in [-0.39, 0.29) is 5.78 Å². The standard InChI is InChI=1S/C14H9BrCl2O2/c1-8(18)13-4-9(15)2-3-14(13)19-12-6-10(16)5-11(17)7-12/h2-7H,1H3. The van der Waals surface area contributed by atoms with Crippen molar-refractivity contribution in [2.24, 2.45) is 0 Å². The monoisotopic (exact) mass is 358 g/mol. The summed E-state index contributed by atoms with van der Waals surface area (Å²) in [6, 6.07) is 10.1. The molecule has 0 N–H and O–H groups in total. The van der Waals surface area contributed by atoms with Gasteiger partial charge in [0.2, 0.25) is 0 Å². The van der Waals surface area contributed by atoms with Crippen LogP contribution in [-0.2, 0) is 0 Å². The molecule has 0 saturated carbocycles. The second-order valence-electron chi connectivity index (χ2n) is 3.90. The first kappa shape index (κ1) is 14.4. The van der Waals surface area contributed by atoms with Crippen LogP contribution in [0.3, 0.4) is 0 Å². The lowest BCUT2D eigenvalue weighted by Crippen LogP contribution is -1.97. The molecule has 19 heavy (non-hydrogen) atoms. The summed E-state index contributed by atoms with van der Waals surface area (Å²) in [5.41, 5.74) is 0.491. The Morgan fingerprint density at radius 1 is 1.11 bits per heavy atom. The molecule has 2 rings (SSSR count). The number of halogens is 3. The van der Waals surface area contributed by atoms with Gasteiger partial charge in [-0.15, -0.1) is 0 Å². The van der Waals surface area contributed by atoms with E-state index in [9.17, 15) is 4.79 Å². The third-order valence-electron chi connectivity index (χ3n) is 2.38. The van der Waals surface area contributed by atoms with Crippen LogP contribution in [0.25, 0.3) is 0 Å². The van der Waals surface area contributed by atoms with Crippen molar-refractivity contribution in [1.82, 2.24) is 0 Å². The molecule has 0 fully saturated rings. The maximum atomic E-state index is 11.6. The zero-order valence-electron chi connectivity index (χ0n) is 9.91. The van der Waals surface area contributed by atoms with Crippen molar-refractivity contribution in [3.05, 3.63) is 56.5 Å². The van der Waals surface area contributed by atoms with E-state index in [0.29, 0.717) is 27.1 Å². The molecule has 0 heterocycles. The Morgan fingerprint density at radius 2 is 1.74 bits per heavy atom. The summed E-state index contributed by atoms with van der Waals surface area (Å²) >= 11 is 15.1. The minimum absolute atomic E-state index is 0.0792.